The minimum Gasteiger partial charge on any atom is -0.497 e. The third-order valence-electron chi connectivity index (χ3n) is 2.80. The molecule has 122 valence electrons. The van der Waals surface area contributed by atoms with Crippen LogP contribution in [0.4, 0.5) is 5.69 Å². The zero-order valence-electron chi connectivity index (χ0n) is 12.5. The fourth-order valence-electron chi connectivity index (χ4n) is 1.71. The molecule has 0 amide bonds. The van der Waals surface area contributed by atoms with Gasteiger partial charge in [-0.3, -0.25) is 0 Å². The highest BCUT2D eigenvalue weighted by molar-refractivity contribution is 8.13. The molecule has 23 heavy (non-hydrogen) atoms. The zero-order chi connectivity index (χ0) is 16.7. The summed E-state index contributed by atoms with van der Waals surface area (Å²) in [5.74, 6) is 2.04. The highest BCUT2D eigenvalue weighted by atomic mass is 35.5. The van der Waals surface area contributed by atoms with E-state index < -0.39 is 0 Å². The molecule has 0 unspecified atom stereocenters. The average molecular weight is 371 g/mol. The van der Waals surface area contributed by atoms with Gasteiger partial charge in [-0.25, -0.2) is 4.99 Å². The number of halogens is 2. The SMILES string of the molecule is COc1ccc(N=C(N)SCCOc2ccc(Cl)cc2Cl)cc1. The van der Waals surface area contributed by atoms with Crippen molar-refractivity contribution in [2.45, 2.75) is 0 Å². The summed E-state index contributed by atoms with van der Waals surface area (Å²) < 4.78 is 10.7. The highest BCUT2D eigenvalue weighted by Crippen LogP contribution is 2.27. The number of nitrogens with two attached hydrogens (primary N) is 1. The van der Waals surface area contributed by atoms with Gasteiger partial charge in [-0.1, -0.05) is 35.0 Å². The largest absolute Gasteiger partial charge is 0.497 e. The average Bonchev–Trinajstić information content (AvgIpc) is 2.54. The second-order valence-corrected chi connectivity index (χ2v) is 6.38. The van der Waals surface area contributed by atoms with Gasteiger partial charge >= 0.3 is 0 Å². The second-order valence-electron chi connectivity index (χ2n) is 4.42. The van der Waals surface area contributed by atoms with Gasteiger partial charge in [0.2, 0.25) is 0 Å². The van der Waals surface area contributed by atoms with Crippen molar-refractivity contribution in [2.75, 3.05) is 19.5 Å². The maximum Gasteiger partial charge on any atom is 0.159 e. The van der Waals surface area contributed by atoms with E-state index in [0.29, 0.717) is 33.3 Å². The van der Waals surface area contributed by atoms with Gasteiger partial charge in [0.05, 0.1) is 24.4 Å². The van der Waals surface area contributed by atoms with E-state index in [2.05, 4.69) is 4.99 Å². The van der Waals surface area contributed by atoms with E-state index in [4.69, 9.17) is 38.4 Å². The molecule has 2 aromatic carbocycles. The predicted octanol–water partition coefficient (Wildman–Crippen LogP) is 4.76. The molecule has 7 heteroatoms. The van der Waals surface area contributed by atoms with E-state index in [0.717, 1.165) is 11.4 Å². The second kappa shape index (κ2) is 8.91. The Bertz CT molecular complexity index is 678. The van der Waals surface area contributed by atoms with Gasteiger partial charge in [0.1, 0.15) is 11.5 Å². The van der Waals surface area contributed by atoms with Crippen LogP contribution in [-0.4, -0.2) is 24.6 Å². The number of methoxy groups -OCH3 is 1. The van der Waals surface area contributed by atoms with E-state index in [1.54, 1.807) is 25.3 Å². The first-order valence-corrected chi connectivity index (χ1v) is 8.51. The smallest absolute Gasteiger partial charge is 0.159 e. The molecule has 0 saturated heterocycles. The molecule has 4 nitrogen and oxygen atoms in total. The van der Waals surface area contributed by atoms with E-state index >= 15 is 0 Å². The van der Waals surface area contributed by atoms with Gasteiger partial charge in [-0.15, -0.1) is 0 Å². The number of hydrogen-bond donors (Lipinski definition) is 1. The molecule has 0 aliphatic rings. The molecule has 2 N–H and O–H groups in total. The van der Waals surface area contributed by atoms with E-state index in [1.807, 2.05) is 24.3 Å². The molecule has 2 rings (SSSR count). The summed E-state index contributed by atoms with van der Waals surface area (Å²) in [6.45, 7) is 0.463. The zero-order valence-corrected chi connectivity index (χ0v) is 14.8. The number of rotatable bonds is 6. The summed E-state index contributed by atoms with van der Waals surface area (Å²) >= 11 is 13.3. The standard InChI is InChI=1S/C16H16Cl2N2O2S/c1-21-13-5-3-12(4-6-13)20-16(19)23-9-8-22-15-7-2-11(17)10-14(15)18/h2-7,10H,8-9H2,1H3,(H2,19,20). The Morgan fingerprint density at radius 2 is 1.91 bits per heavy atom. The van der Waals surface area contributed by atoms with Crippen LogP contribution < -0.4 is 15.2 Å². The number of amidine groups is 1. The van der Waals surface area contributed by atoms with Gasteiger partial charge < -0.3 is 15.2 Å². The molecule has 0 aromatic heterocycles. The molecule has 0 bridgehead atoms. The summed E-state index contributed by atoms with van der Waals surface area (Å²) in [5.41, 5.74) is 6.66. The Morgan fingerprint density at radius 1 is 1.17 bits per heavy atom. The molecule has 0 radical (unpaired) electrons. The third kappa shape index (κ3) is 5.86. The molecule has 0 atom stereocenters. The maximum absolute atomic E-state index is 6.03. The van der Waals surface area contributed by atoms with Crippen LogP contribution in [0.5, 0.6) is 11.5 Å². The van der Waals surface area contributed by atoms with Crippen molar-refractivity contribution >= 4 is 45.8 Å². The van der Waals surface area contributed by atoms with Crippen LogP contribution in [0, 0.1) is 0 Å². The number of benzene rings is 2. The van der Waals surface area contributed by atoms with Crippen molar-refractivity contribution < 1.29 is 9.47 Å². The van der Waals surface area contributed by atoms with Gasteiger partial charge in [-0.05, 0) is 42.5 Å². The predicted molar refractivity (Wildman–Crippen MR) is 98.7 cm³/mol. The summed E-state index contributed by atoms with van der Waals surface area (Å²) in [6.07, 6.45) is 0. The van der Waals surface area contributed by atoms with E-state index in [-0.39, 0.29) is 0 Å². The van der Waals surface area contributed by atoms with Crippen molar-refractivity contribution in [1.82, 2.24) is 0 Å². The van der Waals surface area contributed by atoms with Crippen molar-refractivity contribution in [1.29, 1.82) is 0 Å². The monoisotopic (exact) mass is 370 g/mol. The van der Waals surface area contributed by atoms with Crippen molar-refractivity contribution in [3.05, 3.63) is 52.5 Å². The summed E-state index contributed by atoms with van der Waals surface area (Å²) in [6, 6.07) is 12.5. The molecular formula is C16H16Cl2N2O2S. The Morgan fingerprint density at radius 3 is 2.57 bits per heavy atom. The first-order valence-electron chi connectivity index (χ1n) is 6.77. The van der Waals surface area contributed by atoms with Crippen molar-refractivity contribution in [2.24, 2.45) is 10.7 Å². The normalized spacial score (nSPS) is 11.3. The first-order chi connectivity index (χ1) is 11.1. The number of nitrogens with zero attached hydrogens (tertiary/aromatic N) is 1. The van der Waals surface area contributed by atoms with Crippen LogP contribution in [0.3, 0.4) is 0 Å². The van der Waals surface area contributed by atoms with Crippen LogP contribution in [0.1, 0.15) is 0 Å². The van der Waals surface area contributed by atoms with Crippen molar-refractivity contribution in [3.8, 4) is 11.5 Å². The number of thioether (sulfide) groups is 1. The third-order valence-corrected chi connectivity index (χ3v) is 4.08. The van der Waals surface area contributed by atoms with Gasteiger partial charge in [0, 0.05) is 10.8 Å². The summed E-state index contributed by atoms with van der Waals surface area (Å²) in [7, 11) is 1.62. The Balaban J connectivity index is 1.79. The lowest BCUT2D eigenvalue weighted by atomic mass is 10.3. The number of aliphatic imine (C=N–C) groups is 1. The molecule has 0 spiro atoms. The molecule has 0 saturated carbocycles. The van der Waals surface area contributed by atoms with E-state index in [1.165, 1.54) is 11.8 Å². The topological polar surface area (TPSA) is 56.8 Å². The van der Waals surface area contributed by atoms with Crippen LogP contribution in [-0.2, 0) is 0 Å². The molecule has 0 aliphatic heterocycles. The van der Waals surface area contributed by atoms with Crippen LogP contribution in [0.15, 0.2) is 47.5 Å². The first kappa shape index (κ1) is 17.8. The lowest BCUT2D eigenvalue weighted by Crippen LogP contribution is -2.10. The molecular weight excluding hydrogens is 355 g/mol. The quantitative estimate of drug-likeness (QED) is 0.452. The van der Waals surface area contributed by atoms with Crippen LogP contribution in [0.25, 0.3) is 0 Å². The number of hydrogen-bond acceptors (Lipinski definition) is 4. The fraction of sp³-hybridized carbons (Fsp3) is 0.188. The summed E-state index contributed by atoms with van der Waals surface area (Å²) in [5, 5.41) is 1.54. The molecule has 0 fully saturated rings. The van der Waals surface area contributed by atoms with E-state index in [9.17, 15) is 0 Å². The highest BCUT2D eigenvalue weighted by Gasteiger charge is 2.03. The summed E-state index contributed by atoms with van der Waals surface area (Å²) in [4.78, 5) is 4.31. The maximum atomic E-state index is 6.03. The molecule has 2 aromatic rings. The van der Waals surface area contributed by atoms with Gasteiger partial charge in [-0.2, -0.15) is 0 Å². The van der Waals surface area contributed by atoms with Crippen molar-refractivity contribution in [3.63, 3.8) is 0 Å². The Kier molecular flexibility index (Phi) is 6.89. The van der Waals surface area contributed by atoms with Crippen LogP contribution >= 0.6 is 35.0 Å². The Labute approximate surface area is 149 Å². The van der Waals surface area contributed by atoms with Gasteiger partial charge in [0.15, 0.2) is 5.17 Å². The minimum absolute atomic E-state index is 0.463. The lowest BCUT2D eigenvalue weighted by molar-refractivity contribution is 0.344. The van der Waals surface area contributed by atoms with Gasteiger partial charge in [0.25, 0.3) is 0 Å². The Hall–Kier alpha value is -1.56. The minimum atomic E-state index is 0.463. The van der Waals surface area contributed by atoms with Crippen LogP contribution in [0.2, 0.25) is 10.0 Å². The number of ether oxygens (including phenoxy) is 2. The lowest BCUT2D eigenvalue weighted by Gasteiger charge is -2.08. The molecule has 0 heterocycles. The molecule has 0 aliphatic carbocycles. The fourth-order valence-corrected chi connectivity index (χ4v) is 2.72.